The summed E-state index contributed by atoms with van der Waals surface area (Å²) < 4.78 is 5.69. The van der Waals surface area contributed by atoms with Crippen LogP contribution in [-0.4, -0.2) is 23.8 Å². The molecule has 0 saturated carbocycles. The van der Waals surface area contributed by atoms with Crippen LogP contribution in [0.25, 0.3) is 0 Å². The molecular weight excluding hydrogens is 281 g/mol. The number of halogens is 1. The maximum atomic E-state index is 5.69. The Morgan fingerprint density at radius 2 is 1.73 bits per heavy atom. The predicted molar refractivity (Wildman–Crippen MR) is 62.5 cm³/mol. The number of rotatable bonds is 4. The van der Waals surface area contributed by atoms with Gasteiger partial charge in [-0.1, -0.05) is 19.6 Å². The monoisotopic (exact) mass is 297 g/mol. The first-order valence-corrected chi connectivity index (χ1v) is 8.12. The van der Waals surface area contributed by atoms with E-state index in [1.807, 2.05) is 0 Å². The molecule has 0 N–H and O–H groups in total. The van der Waals surface area contributed by atoms with Crippen molar-refractivity contribution in [3.8, 4) is 0 Å². The molecule has 1 atom stereocenters. The van der Waals surface area contributed by atoms with Gasteiger partial charge in [0.1, 0.15) is 0 Å². The topological polar surface area (TPSA) is 35.0 Å². The number of hydrogen-bond acceptors (Lipinski definition) is 3. The van der Waals surface area contributed by atoms with Crippen LogP contribution in [0.2, 0.25) is 19.6 Å². The van der Waals surface area contributed by atoms with Gasteiger partial charge in [-0.3, -0.25) is 0 Å². The van der Waals surface area contributed by atoms with Crippen LogP contribution in [0.4, 0.5) is 0 Å². The number of hydrogen-bond donors (Lipinski definition) is 0. The quantitative estimate of drug-likeness (QED) is 0.632. The van der Waals surface area contributed by atoms with E-state index in [9.17, 15) is 0 Å². The predicted octanol–water partition coefficient (Wildman–Crippen LogP) is 2.40. The molecule has 1 unspecified atom stereocenters. The van der Waals surface area contributed by atoms with Gasteiger partial charge >= 0.3 is 0 Å². The first kappa shape index (κ1) is 17.7. The minimum Gasteiger partial charge on any atom is -0.386 e. The summed E-state index contributed by atoms with van der Waals surface area (Å²) in [5, 5.41) is 0. The van der Waals surface area contributed by atoms with Crippen molar-refractivity contribution >= 4 is 20.5 Å². The van der Waals surface area contributed by atoms with E-state index in [4.69, 9.17) is 4.74 Å². The first-order chi connectivity index (χ1) is 6.00. The van der Waals surface area contributed by atoms with Crippen molar-refractivity contribution in [2.45, 2.75) is 38.9 Å². The van der Waals surface area contributed by atoms with Crippen molar-refractivity contribution in [1.82, 2.24) is 9.97 Å². The number of imidazole rings is 1. The minimum atomic E-state index is -1.17. The second-order valence-corrected chi connectivity index (χ2v) is 9.84. The summed E-state index contributed by atoms with van der Waals surface area (Å²) in [6.07, 6.45) is 3.38. The van der Waals surface area contributed by atoms with Gasteiger partial charge < -0.3 is 14.7 Å². The van der Waals surface area contributed by atoms with Crippen molar-refractivity contribution in [3.63, 3.8) is 0 Å². The Morgan fingerprint density at radius 3 is 2.13 bits per heavy atom. The normalized spacial score (nSPS) is 12.5. The third-order valence-electron chi connectivity index (χ3n) is 2.20. The van der Waals surface area contributed by atoms with Crippen LogP contribution in [0, 0.1) is 0 Å². The van der Waals surface area contributed by atoms with Gasteiger partial charge in [-0.05, 0) is 6.92 Å². The Bertz CT molecular complexity index is 251. The van der Waals surface area contributed by atoms with Crippen LogP contribution in [-0.2, 0) is 30.8 Å². The van der Waals surface area contributed by atoms with E-state index in [1.165, 1.54) is 0 Å². The van der Waals surface area contributed by atoms with Gasteiger partial charge in [-0.25, -0.2) is 0 Å². The molecule has 0 fully saturated rings. The van der Waals surface area contributed by atoms with E-state index in [-0.39, 0.29) is 31.9 Å². The maximum absolute atomic E-state index is 5.69. The Labute approximate surface area is 112 Å². The molecule has 84 valence electrons. The third-order valence-corrected chi connectivity index (χ3v) is 4.80. The van der Waals surface area contributed by atoms with E-state index >= 15 is 0 Å². The summed E-state index contributed by atoms with van der Waals surface area (Å²) in [6.45, 7) is 9.56. The van der Waals surface area contributed by atoms with Crippen LogP contribution in [0.15, 0.2) is 12.4 Å². The summed E-state index contributed by atoms with van der Waals surface area (Å²) in [5.41, 5.74) is 0.353. The molecule has 3 nitrogen and oxygen atoms in total. The SMILES string of the molecule is CC(OC[c-]1nccn1)[Si](C)(C)C.Cl.[Zn]. The Kier molecular flexibility index (Phi) is 8.91. The van der Waals surface area contributed by atoms with Crippen LogP contribution >= 0.6 is 12.4 Å². The van der Waals surface area contributed by atoms with Crippen molar-refractivity contribution in [1.29, 1.82) is 0 Å². The molecule has 6 heteroatoms. The van der Waals surface area contributed by atoms with Crippen molar-refractivity contribution in [2.75, 3.05) is 0 Å². The largest absolute Gasteiger partial charge is 0.386 e. The molecule has 0 amide bonds. The Balaban J connectivity index is 0. The Morgan fingerprint density at radius 1 is 1.27 bits per heavy atom. The van der Waals surface area contributed by atoms with E-state index in [0.29, 0.717) is 12.3 Å². The smallest absolute Gasteiger partial charge is 0.0781 e. The number of nitrogens with zero attached hydrogens (tertiary/aromatic N) is 2. The van der Waals surface area contributed by atoms with Gasteiger partial charge in [0.25, 0.3) is 0 Å². The molecular formula is C9H18ClN2OSiZn-. The van der Waals surface area contributed by atoms with Gasteiger partial charge in [0.2, 0.25) is 0 Å². The van der Waals surface area contributed by atoms with Crippen LogP contribution in [0.1, 0.15) is 12.7 Å². The molecule has 1 heterocycles. The molecule has 0 aromatic carbocycles. The van der Waals surface area contributed by atoms with Crippen molar-refractivity contribution in [3.05, 3.63) is 18.2 Å². The summed E-state index contributed by atoms with van der Waals surface area (Å²) in [4.78, 5) is 8.10. The minimum absolute atomic E-state index is 0. The van der Waals surface area contributed by atoms with Gasteiger partial charge in [0.15, 0.2) is 0 Å². The molecule has 0 bridgehead atoms. The zero-order chi connectivity index (χ0) is 9.90. The summed E-state index contributed by atoms with van der Waals surface area (Å²) in [6, 6.07) is 0. The average Bonchev–Trinajstić information content (AvgIpc) is 2.50. The molecule has 0 saturated heterocycles. The van der Waals surface area contributed by atoms with Gasteiger partial charge in [0.05, 0.1) is 14.7 Å². The second-order valence-electron chi connectivity index (χ2n) is 4.29. The first-order valence-electron chi connectivity index (χ1n) is 4.54. The van der Waals surface area contributed by atoms with Gasteiger partial charge in [-0.2, -0.15) is 0 Å². The molecule has 0 aliphatic rings. The number of ether oxygens (including phenoxy) is 1. The van der Waals surface area contributed by atoms with Crippen molar-refractivity contribution < 1.29 is 24.2 Å². The summed E-state index contributed by atoms with van der Waals surface area (Å²) >= 11 is 0. The zero-order valence-corrected chi connectivity index (χ0v) is 14.6. The average molecular weight is 299 g/mol. The molecule has 1 rings (SSSR count). The molecule has 0 radical (unpaired) electrons. The van der Waals surface area contributed by atoms with E-state index in [1.54, 1.807) is 12.4 Å². The molecule has 0 aliphatic heterocycles. The van der Waals surface area contributed by atoms with Crippen molar-refractivity contribution in [2.24, 2.45) is 0 Å². The maximum Gasteiger partial charge on any atom is 0.0781 e. The fraction of sp³-hybridized carbons (Fsp3) is 0.667. The summed E-state index contributed by atoms with van der Waals surface area (Å²) in [7, 11) is -1.17. The van der Waals surface area contributed by atoms with Crippen LogP contribution in [0.5, 0.6) is 0 Å². The van der Waals surface area contributed by atoms with Crippen LogP contribution in [0.3, 0.4) is 0 Å². The van der Waals surface area contributed by atoms with Gasteiger partial charge in [0, 0.05) is 31.0 Å². The molecule has 15 heavy (non-hydrogen) atoms. The molecule has 1 aromatic rings. The fourth-order valence-electron chi connectivity index (χ4n) is 0.796. The number of aromatic nitrogens is 2. The van der Waals surface area contributed by atoms with E-state index < -0.39 is 8.07 Å². The van der Waals surface area contributed by atoms with E-state index in [2.05, 4.69) is 36.5 Å². The molecule has 0 aliphatic carbocycles. The second kappa shape index (κ2) is 7.55. The molecule has 1 aromatic heterocycles. The fourth-order valence-corrected chi connectivity index (χ4v) is 1.38. The van der Waals surface area contributed by atoms with Crippen LogP contribution < -0.4 is 0 Å². The van der Waals surface area contributed by atoms with Gasteiger partial charge in [-0.15, -0.1) is 24.8 Å². The summed E-state index contributed by atoms with van der Waals surface area (Å²) in [5.74, 6) is 0.783. The van der Waals surface area contributed by atoms with E-state index in [0.717, 1.165) is 5.82 Å². The Hall–Kier alpha value is 0.300. The third kappa shape index (κ3) is 6.46. The molecule has 0 spiro atoms. The zero-order valence-electron chi connectivity index (χ0n) is 9.86. The standard InChI is InChI=1S/C9H17N2OSi.ClH.Zn/c1-8(13(2,3)4)12-7-9-10-5-6-11-9;;/h5-6,8H,7H2,1-4H3;1H;/q-1;;.